The van der Waals surface area contributed by atoms with Crippen molar-refractivity contribution in [1.82, 2.24) is 4.90 Å². The van der Waals surface area contributed by atoms with Crippen LogP contribution >= 0.6 is 0 Å². The maximum absolute atomic E-state index is 12.6. The highest BCUT2D eigenvalue weighted by Crippen LogP contribution is 2.12. The predicted octanol–water partition coefficient (Wildman–Crippen LogP) is -2.23. The number of carbonyl (C=O) groups excluding carboxylic acids is 2. The van der Waals surface area contributed by atoms with Crippen LogP contribution in [0.4, 0.5) is 0 Å². The number of quaternary nitrogens is 2. The predicted molar refractivity (Wildman–Crippen MR) is 82.6 cm³/mol. The Morgan fingerprint density at radius 2 is 1.77 bits per heavy atom. The summed E-state index contributed by atoms with van der Waals surface area (Å²) < 4.78 is 0. The van der Waals surface area contributed by atoms with Crippen LogP contribution in [0.15, 0.2) is 30.3 Å². The number of carbonyl (C=O) groups is 2. The monoisotopic (exact) mass is 303 g/mol. The van der Waals surface area contributed by atoms with Crippen molar-refractivity contribution in [2.45, 2.75) is 18.9 Å². The van der Waals surface area contributed by atoms with Crippen LogP contribution < -0.4 is 9.80 Å². The first-order valence-corrected chi connectivity index (χ1v) is 8.19. The van der Waals surface area contributed by atoms with Gasteiger partial charge in [-0.15, -0.1) is 0 Å². The summed E-state index contributed by atoms with van der Waals surface area (Å²) in [5.41, 5.74) is 1.17. The number of amides is 2. The standard InChI is InChI=1S/C17H23N3O2/c1-18-9-11-19(12-10-18)15-13-16(21)20(17(15)22)8-7-14-5-3-2-4-6-14/h2-6,15H,7-13H2,1H3/p+2/t15-/m0/s1. The van der Waals surface area contributed by atoms with E-state index < -0.39 is 0 Å². The van der Waals surface area contributed by atoms with Crippen LogP contribution in [0, 0.1) is 0 Å². The average Bonchev–Trinajstić information content (AvgIpc) is 2.82. The molecule has 118 valence electrons. The summed E-state index contributed by atoms with van der Waals surface area (Å²) in [7, 11) is 2.19. The van der Waals surface area contributed by atoms with Crippen molar-refractivity contribution >= 4 is 11.8 Å². The molecule has 5 heteroatoms. The molecule has 0 aliphatic carbocycles. The lowest BCUT2D eigenvalue weighted by molar-refractivity contribution is -1.01. The molecular formula is C17H25N3O2+2. The maximum atomic E-state index is 12.6. The van der Waals surface area contributed by atoms with E-state index in [4.69, 9.17) is 0 Å². The fourth-order valence-corrected chi connectivity index (χ4v) is 3.47. The molecule has 1 aromatic carbocycles. The van der Waals surface area contributed by atoms with Gasteiger partial charge in [0, 0.05) is 6.54 Å². The van der Waals surface area contributed by atoms with Crippen molar-refractivity contribution in [3.8, 4) is 0 Å². The topological polar surface area (TPSA) is 46.3 Å². The smallest absolute Gasteiger partial charge is 0.288 e. The molecule has 0 unspecified atom stereocenters. The Labute approximate surface area is 131 Å². The Kier molecular flexibility index (Phi) is 4.55. The zero-order valence-electron chi connectivity index (χ0n) is 13.2. The van der Waals surface area contributed by atoms with Gasteiger partial charge in [0.2, 0.25) is 5.91 Å². The molecule has 2 aliphatic rings. The minimum Gasteiger partial charge on any atom is -0.328 e. The molecule has 0 radical (unpaired) electrons. The van der Waals surface area contributed by atoms with E-state index in [0.29, 0.717) is 13.0 Å². The summed E-state index contributed by atoms with van der Waals surface area (Å²) in [4.78, 5) is 29.1. The third-order valence-corrected chi connectivity index (χ3v) is 4.95. The third kappa shape index (κ3) is 3.20. The Morgan fingerprint density at radius 3 is 2.45 bits per heavy atom. The summed E-state index contributed by atoms with van der Waals surface area (Å²) >= 11 is 0. The Hall–Kier alpha value is -1.72. The summed E-state index contributed by atoms with van der Waals surface area (Å²) in [5.74, 6) is 0.0418. The maximum Gasteiger partial charge on any atom is 0.288 e. The lowest BCUT2D eigenvalue weighted by atomic mass is 10.1. The quantitative estimate of drug-likeness (QED) is 0.619. The second-order valence-electron chi connectivity index (χ2n) is 6.49. The lowest BCUT2D eigenvalue weighted by Gasteiger charge is -2.30. The molecule has 0 aromatic heterocycles. The van der Waals surface area contributed by atoms with E-state index in [1.54, 1.807) is 0 Å². The molecule has 2 N–H and O–H groups in total. The van der Waals surface area contributed by atoms with Gasteiger partial charge in [-0.25, -0.2) is 0 Å². The Balaban J connectivity index is 1.59. The number of rotatable bonds is 4. The molecule has 1 atom stereocenters. The zero-order chi connectivity index (χ0) is 15.5. The van der Waals surface area contributed by atoms with Crippen LogP contribution in [0.3, 0.4) is 0 Å². The number of benzene rings is 1. The molecule has 2 heterocycles. The van der Waals surface area contributed by atoms with Crippen molar-refractivity contribution in [3.63, 3.8) is 0 Å². The van der Waals surface area contributed by atoms with Gasteiger partial charge in [-0.3, -0.25) is 14.5 Å². The minimum absolute atomic E-state index is 0.00436. The first-order chi connectivity index (χ1) is 10.6. The second-order valence-corrected chi connectivity index (χ2v) is 6.49. The Morgan fingerprint density at radius 1 is 1.09 bits per heavy atom. The third-order valence-electron chi connectivity index (χ3n) is 4.95. The highest BCUT2D eigenvalue weighted by Gasteiger charge is 2.45. The van der Waals surface area contributed by atoms with Crippen molar-refractivity contribution < 1.29 is 19.4 Å². The molecule has 5 nitrogen and oxygen atoms in total. The van der Waals surface area contributed by atoms with Crippen LogP contribution in [-0.2, 0) is 16.0 Å². The number of nitrogens with zero attached hydrogens (tertiary/aromatic N) is 1. The Bertz CT molecular complexity index is 538. The van der Waals surface area contributed by atoms with Gasteiger partial charge >= 0.3 is 0 Å². The molecule has 2 saturated heterocycles. The SMILES string of the molecule is C[NH+]1CC[NH+]([C@H]2CC(=O)N(CCc3ccccc3)C2=O)CC1. The largest absolute Gasteiger partial charge is 0.328 e. The minimum atomic E-state index is -0.142. The molecule has 3 rings (SSSR count). The van der Waals surface area contributed by atoms with Crippen LogP contribution in [0.25, 0.3) is 0 Å². The van der Waals surface area contributed by atoms with Gasteiger partial charge in [0.25, 0.3) is 5.91 Å². The highest BCUT2D eigenvalue weighted by atomic mass is 16.2. The van der Waals surface area contributed by atoms with E-state index in [2.05, 4.69) is 7.05 Å². The van der Waals surface area contributed by atoms with Crippen LogP contribution in [0.2, 0.25) is 0 Å². The summed E-state index contributed by atoms with van der Waals surface area (Å²) in [6.45, 7) is 4.65. The fraction of sp³-hybridized carbons (Fsp3) is 0.529. The van der Waals surface area contributed by atoms with Crippen molar-refractivity contribution in [1.29, 1.82) is 0 Å². The number of likely N-dealkylation sites (N-methyl/N-ethyl adjacent to an activating group) is 1. The number of nitrogens with one attached hydrogen (secondary N) is 2. The van der Waals surface area contributed by atoms with Crippen molar-refractivity contribution in [2.24, 2.45) is 0 Å². The van der Waals surface area contributed by atoms with Gasteiger partial charge in [-0.05, 0) is 12.0 Å². The van der Waals surface area contributed by atoms with Gasteiger partial charge in [-0.1, -0.05) is 30.3 Å². The molecule has 0 spiro atoms. The van der Waals surface area contributed by atoms with Crippen LogP contribution in [0.5, 0.6) is 0 Å². The number of hydrogen-bond donors (Lipinski definition) is 2. The fourth-order valence-electron chi connectivity index (χ4n) is 3.47. The number of hydrogen-bond acceptors (Lipinski definition) is 2. The van der Waals surface area contributed by atoms with E-state index >= 15 is 0 Å². The molecule has 22 heavy (non-hydrogen) atoms. The van der Waals surface area contributed by atoms with Gasteiger partial charge < -0.3 is 9.80 Å². The first kappa shape index (κ1) is 15.2. The molecule has 2 aliphatic heterocycles. The number of imide groups is 1. The summed E-state index contributed by atoms with van der Waals surface area (Å²) in [5, 5.41) is 0. The normalized spacial score (nSPS) is 29.1. The molecule has 2 amide bonds. The van der Waals surface area contributed by atoms with E-state index in [1.807, 2.05) is 30.3 Å². The zero-order valence-corrected chi connectivity index (χ0v) is 13.2. The average molecular weight is 303 g/mol. The number of likely N-dealkylation sites (tertiary alicyclic amines) is 1. The molecule has 2 fully saturated rings. The van der Waals surface area contributed by atoms with Gasteiger partial charge in [0.05, 0.1) is 13.5 Å². The van der Waals surface area contributed by atoms with Crippen LogP contribution in [-0.4, -0.2) is 62.5 Å². The van der Waals surface area contributed by atoms with E-state index in [-0.39, 0.29) is 17.9 Å². The van der Waals surface area contributed by atoms with Crippen molar-refractivity contribution in [3.05, 3.63) is 35.9 Å². The first-order valence-electron chi connectivity index (χ1n) is 8.19. The summed E-state index contributed by atoms with van der Waals surface area (Å²) in [6, 6.07) is 9.89. The van der Waals surface area contributed by atoms with Gasteiger partial charge in [0.15, 0.2) is 6.04 Å². The molecule has 1 aromatic rings. The summed E-state index contributed by atoms with van der Waals surface area (Å²) in [6.07, 6.45) is 1.13. The molecular weight excluding hydrogens is 278 g/mol. The van der Waals surface area contributed by atoms with E-state index in [1.165, 1.54) is 20.3 Å². The van der Waals surface area contributed by atoms with E-state index in [0.717, 1.165) is 32.6 Å². The lowest BCUT2D eigenvalue weighted by Crippen LogP contribution is -3.29. The van der Waals surface area contributed by atoms with Gasteiger partial charge in [0.1, 0.15) is 26.2 Å². The second kappa shape index (κ2) is 6.58. The highest BCUT2D eigenvalue weighted by molar-refractivity contribution is 6.04. The van der Waals surface area contributed by atoms with Crippen molar-refractivity contribution in [2.75, 3.05) is 39.8 Å². The molecule has 0 saturated carbocycles. The molecule has 0 bridgehead atoms. The van der Waals surface area contributed by atoms with E-state index in [9.17, 15) is 9.59 Å². The van der Waals surface area contributed by atoms with Gasteiger partial charge in [-0.2, -0.15) is 0 Å². The van der Waals surface area contributed by atoms with Crippen LogP contribution in [0.1, 0.15) is 12.0 Å². The number of piperazine rings is 1.